The van der Waals surface area contributed by atoms with Crippen LogP contribution in [-0.4, -0.2) is 93.9 Å². The first kappa shape index (κ1) is 45.5. The van der Waals surface area contributed by atoms with Crippen LogP contribution in [-0.2, 0) is 42.8 Å². The molecule has 328 valence electrons. The number of ether oxygens (including phenoxy) is 9. The Kier molecular flexibility index (Phi) is 16.8. The van der Waals surface area contributed by atoms with E-state index in [4.69, 9.17) is 42.6 Å². The minimum atomic E-state index is -0.672. The van der Waals surface area contributed by atoms with Crippen molar-refractivity contribution in [2.75, 3.05) is 39.6 Å². The second kappa shape index (κ2) is 23.3. The van der Waals surface area contributed by atoms with Crippen molar-refractivity contribution < 1.29 is 66.6 Å². The lowest BCUT2D eigenvalue weighted by molar-refractivity contribution is -0.147. The third kappa shape index (κ3) is 13.7. The summed E-state index contributed by atoms with van der Waals surface area (Å²) in [6.07, 6.45) is 5.41. The van der Waals surface area contributed by atoms with E-state index >= 15 is 0 Å². The van der Waals surface area contributed by atoms with Gasteiger partial charge in [-0.25, -0.2) is 24.0 Å². The maximum atomic E-state index is 12.9. The number of carbonyl (C=O) groups excluding carboxylic acids is 5. The summed E-state index contributed by atoms with van der Waals surface area (Å²) >= 11 is 0. The average Bonchev–Trinajstić information content (AvgIpc) is 3.91. The third-order valence-electron chi connectivity index (χ3n) is 9.83. The molecule has 2 aliphatic rings. The molecule has 14 heteroatoms. The molecule has 0 unspecified atom stereocenters. The lowest BCUT2D eigenvalue weighted by Gasteiger charge is -2.17. The zero-order valence-corrected chi connectivity index (χ0v) is 34.6. The highest BCUT2D eigenvalue weighted by molar-refractivity contribution is 5.91. The fourth-order valence-corrected chi connectivity index (χ4v) is 6.48. The van der Waals surface area contributed by atoms with Crippen molar-refractivity contribution in [3.05, 3.63) is 145 Å². The van der Waals surface area contributed by atoms with Gasteiger partial charge in [0.15, 0.2) is 12.2 Å². The van der Waals surface area contributed by atoms with Gasteiger partial charge in [0.1, 0.15) is 29.5 Å². The lowest BCUT2D eigenvalue weighted by Crippen LogP contribution is -2.35. The summed E-state index contributed by atoms with van der Waals surface area (Å²) in [5, 5.41) is 0. The van der Waals surface area contributed by atoms with Gasteiger partial charge in [-0.1, -0.05) is 49.6 Å². The van der Waals surface area contributed by atoms with Gasteiger partial charge in [0.05, 0.1) is 50.8 Å². The van der Waals surface area contributed by atoms with Crippen LogP contribution in [0.15, 0.2) is 128 Å². The van der Waals surface area contributed by atoms with Crippen molar-refractivity contribution in [3.63, 3.8) is 0 Å². The first-order valence-corrected chi connectivity index (χ1v) is 20.5. The summed E-state index contributed by atoms with van der Waals surface area (Å²) in [5.74, 6) is -0.935. The van der Waals surface area contributed by atoms with Crippen molar-refractivity contribution in [2.24, 2.45) is 0 Å². The molecule has 2 saturated heterocycles. The number of esters is 5. The molecular formula is C49H48O14. The van der Waals surface area contributed by atoms with Crippen molar-refractivity contribution in [1.82, 2.24) is 0 Å². The molecule has 2 heterocycles. The Labute approximate surface area is 364 Å². The molecule has 4 aromatic carbocycles. The van der Waals surface area contributed by atoms with Crippen LogP contribution in [0.4, 0.5) is 0 Å². The summed E-state index contributed by atoms with van der Waals surface area (Å²) in [5.41, 5.74) is 3.30. The van der Waals surface area contributed by atoms with E-state index in [2.05, 4.69) is 13.2 Å². The van der Waals surface area contributed by atoms with E-state index in [1.165, 1.54) is 6.08 Å². The Hall–Kier alpha value is -7.03. The van der Waals surface area contributed by atoms with Gasteiger partial charge in [-0.2, -0.15) is 0 Å². The molecule has 0 aromatic heterocycles. The van der Waals surface area contributed by atoms with Gasteiger partial charge in [0.25, 0.3) is 0 Å². The lowest BCUT2D eigenvalue weighted by atomic mass is 10.0. The molecule has 0 saturated carbocycles. The van der Waals surface area contributed by atoms with Crippen LogP contribution >= 0.6 is 0 Å². The minimum absolute atomic E-state index is 0.0992. The number of carbonyl (C=O) groups is 5. The maximum Gasteiger partial charge on any atom is 0.343 e. The fraction of sp³-hybridized carbons (Fsp3) is 0.286. The first-order chi connectivity index (χ1) is 30.7. The number of rotatable bonds is 22. The quantitative estimate of drug-likeness (QED) is 0.0254. The van der Waals surface area contributed by atoms with Gasteiger partial charge >= 0.3 is 29.8 Å². The smallest absolute Gasteiger partial charge is 0.343 e. The topological polar surface area (TPSA) is 168 Å². The molecule has 14 nitrogen and oxygen atoms in total. The number of hydrogen-bond acceptors (Lipinski definition) is 14. The number of unbranched alkanes of at least 4 members (excludes halogenated alkanes) is 2. The first-order valence-electron chi connectivity index (χ1n) is 20.5. The summed E-state index contributed by atoms with van der Waals surface area (Å²) in [7, 11) is 0. The molecule has 4 aromatic rings. The summed E-state index contributed by atoms with van der Waals surface area (Å²) in [6, 6.07) is 27.9. The zero-order valence-electron chi connectivity index (χ0n) is 34.6. The summed E-state index contributed by atoms with van der Waals surface area (Å²) in [4.78, 5) is 60.6. The largest absolute Gasteiger partial charge is 0.494 e. The number of fused-ring (bicyclic) bond motifs is 1. The maximum absolute atomic E-state index is 12.9. The molecule has 63 heavy (non-hydrogen) atoms. The molecule has 2 aliphatic heterocycles. The Morgan fingerprint density at radius 2 is 0.968 bits per heavy atom. The molecule has 0 amide bonds. The van der Waals surface area contributed by atoms with Crippen LogP contribution in [0.5, 0.6) is 17.2 Å². The van der Waals surface area contributed by atoms with Gasteiger partial charge in [-0.15, -0.1) is 0 Å². The highest BCUT2D eigenvalue weighted by Crippen LogP contribution is 2.32. The molecule has 4 atom stereocenters. The van der Waals surface area contributed by atoms with E-state index in [0.29, 0.717) is 73.9 Å². The normalized spacial score (nSPS) is 17.5. The van der Waals surface area contributed by atoms with E-state index < -0.39 is 54.3 Å². The molecule has 0 radical (unpaired) electrons. The molecule has 6 rings (SSSR count). The van der Waals surface area contributed by atoms with Crippen LogP contribution in [0, 0.1) is 0 Å². The van der Waals surface area contributed by atoms with E-state index in [-0.39, 0.29) is 19.8 Å². The van der Waals surface area contributed by atoms with Gasteiger partial charge < -0.3 is 42.6 Å². The Bertz CT molecular complexity index is 2210. The zero-order chi connectivity index (χ0) is 44.4. The van der Waals surface area contributed by atoms with E-state index in [9.17, 15) is 24.0 Å². The third-order valence-corrected chi connectivity index (χ3v) is 9.83. The Morgan fingerprint density at radius 1 is 0.524 bits per heavy atom. The van der Waals surface area contributed by atoms with Crippen molar-refractivity contribution in [3.8, 4) is 28.4 Å². The molecule has 0 N–H and O–H groups in total. The molecule has 0 bridgehead atoms. The van der Waals surface area contributed by atoms with E-state index in [1.807, 2.05) is 36.4 Å². The number of hydrogen-bond donors (Lipinski definition) is 0. The Morgan fingerprint density at radius 3 is 1.48 bits per heavy atom. The SMILES string of the molecule is C=CC(=O)OCCCCOc1ccc(C(=O)Oc2ccc(-c3ccc(C=CC(=O)O[C@H]4CO[C@H]5[C@@H]4OC[C@H]5OC(=O)c4ccc(OCCCCOC(=O)C=C)cc4)cc3)cc2)cc1. The molecule has 0 spiro atoms. The fourth-order valence-electron chi connectivity index (χ4n) is 6.48. The van der Waals surface area contributed by atoms with E-state index in [0.717, 1.165) is 28.8 Å². The molecule has 2 fully saturated rings. The Balaban J connectivity index is 0.886. The average molecular weight is 861 g/mol. The second-order valence-electron chi connectivity index (χ2n) is 14.3. The standard InChI is InChI=1S/C49H48O14/c1-3-43(50)57-29-7-5-27-55-38-20-16-36(17-21-38)48(53)61-40-24-14-35(15-25-40)34-12-9-33(10-13-34)11-26-45(52)62-41-31-59-47-42(32-60-46(41)47)63-49(54)37-18-22-39(23-19-37)56-28-6-8-30-58-44(51)4-2/h3-4,9-26,41-42,46-47H,1-2,5-8,27-32H2/t41-,42+,46+,47+/m0/s1. The summed E-state index contributed by atoms with van der Waals surface area (Å²) in [6.45, 7) is 8.35. The van der Waals surface area contributed by atoms with Crippen LogP contribution in [0.1, 0.15) is 52.0 Å². The van der Waals surface area contributed by atoms with Crippen molar-refractivity contribution in [2.45, 2.75) is 50.1 Å². The monoisotopic (exact) mass is 860 g/mol. The highest BCUT2D eigenvalue weighted by Gasteiger charge is 2.51. The van der Waals surface area contributed by atoms with Crippen LogP contribution in [0.25, 0.3) is 17.2 Å². The summed E-state index contributed by atoms with van der Waals surface area (Å²) < 4.78 is 49.9. The molecular weight excluding hydrogens is 813 g/mol. The van der Waals surface area contributed by atoms with Crippen LogP contribution in [0.2, 0.25) is 0 Å². The van der Waals surface area contributed by atoms with Crippen molar-refractivity contribution >= 4 is 35.9 Å². The minimum Gasteiger partial charge on any atom is -0.494 e. The van der Waals surface area contributed by atoms with Crippen molar-refractivity contribution in [1.29, 1.82) is 0 Å². The second-order valence-corrected chi connectivity index (χ2v) is 14.3. The predicted octanol–water partition coefficient (Wildman–Crippen LogP) is 7.30. The highest BCUT2D eigenvalue weighted by atomic mass is 16.7. The van der Waals surface area contributed by atoms with Gasteiger partial charge in [0, 0.05) is 18.2 Å². The van der Waals surface area contributed by atoms with Crippen LogP contribution in [0.3, 0.4) is 0 Å². The van der Waals surface area contributed by atoms with Gasteiger partial charge in [0.2, 0.25) is 0 Å². The predicted molar refractivity (Wildman–Crippen MR) is 229 cm³/mol. The molecule has 0 aliphatic carbocycles. The number of benzene rings is 4. The van der Waals surface area contributed by atoms with Gasteiger partial charge in [-0.05, 0) is 109 Å². The van der Waals surface area contributed by atoms with Gasteiger partial charge in [-0.3, -0.25) is 0 Å². The van der Waals surface area contributed by atoms with Crippen LogP contribution < -0.4 is 14.2 Å². The van der Waals surface area contributed by atoms with E-state index in [1.54, 1.807) is 66.7 Å².